The highest BCUT2D eigenvalue weighted by atomic mass is 32.2. The molecule has 0 bridgehead atoms. The number of carbonyl (C=O) groups excluding carboxylic acids is 3. The molecule has 218 valence electrons. The number of fused-ring (bicyclic) bond motifs is 3. The molecule has 11 heteroatoms. The fourth-order valence-electron chi connectivity index (χ4n) is 7.21. The third-order valence-corrected chi connectivity index (χ3v) is 10.8. The molecular weight excluding hydrogens is 540 g/mol. The molecule has 2 fully saturated rings. The number of para-hydroxylation sites is 1. The zero-order valence-electron chi connectivity index (χ0n) is 23.7. The maximum atomic E-state index is 14.6. The van der Waals surface area contributed by atoms with E-state index in [0.29, 0.717) is 39.0 Å². The molecule has 0 radical (unpaired) electrons. The molecule has 1 unspecified atom stereocenters. The van der Waals surface area contributed by atoms with E-state index in [4.69, 9.17) is 0 Å². The molecule has 5 heterocycles. The number of hydrogen-bond donors (Lipinski definition) is 1. The van der Waals surface area contributed by atoms with Crippen molar-refractivity contribution in [1.82, 2.24) is 29.7 Å². The molecule has 6 rings (SSSR count). The van der Waals surface area contributed by atoms with Gasteiger partial charge in [0.15, 0.2) is 0 Å². The Morgan fingerprint density at radius 1 is 0.951 bits per heavy atom. The normalized spacial score (nSPS) is 31.0. The van der Waals surface area contributed by atoms with Gasteiger partial charge in [-0.25, -0.2) is 4.68 Å². The average molecular weight is 579 g/mol. The second-order valence-electron chi connectivity index (χ2n) is 11.7. The number of rotatable bonds is 9. The summed E-state index contributed by atoms with van der Waals surface area (Å²) < 4.78 is 0.253. The highest BCUT2D eigenvalue weighted by Gasteiger charge is 2.73. The predicted molar refractivity (Wildman–Crippen MR) is 157 cm³/mol. The van der Waals surface area contributed by atoms with Crippen molar-refractivity contribution in [2.45, 2.75) is 61.7 Å². The number of aliphatic hydroxyl groups excluding tert-OH is 1. The highest BCUT2D eigenvalue weighted by Crippen LogP contribution is 2.65. The van der Waals surface area contributed by atoms with Gasteiger partial charge < -0.3 is 19.8 Å². The topological polar surface area (TPSA) is 112 Å². The van der Waals surface area contributed by atoms with Gasteiger partial charge in [0.05, 0.1) is 22.1 Å². The Bertz CT molecular complexity index is 1410. The molecule has 0 aliphatic carbocycles. The third kappa shape index (κ3) is 4.48. The van der Waals surface area contributed by atoms with Crippen LogP contribution in [0.2, 0.25) is 0 Å². The summed E-state index contributed by atoms with van der Waals surface area (Å²) in [6.45, 7) is 6.37. The number of carbonyl (C=O) groups is 3. The number of amides is 3. The molecule has 1 spiro atoms. The van der Waals surface area contributed by atoms with Gasteiger partial charge >= 0.3 is 0 Å². The first-order chi connectivity index (χ1) is 19.8. The smallest absolute Gasteiger partial charge is 0.248 e. The van der Waals surface area contributed by atoms with Crippen molar-refractivity contribution in [2.24, 2.45) is 11.8 Å². The lowest BCUT2D eigenvalue weighted by molar-refractivity contribution is -0.145. The number of nitrogens with zero attached hydrogens (tertiary/aromatic N) is 6. The molecule has 1 aromatic carbocycles. The van der Waals surface area contributed by atoms with Crippen molar-refractivity contribution in [1.29, 1.82) is 0 Å². The number of likely N-dealkylation sites (tertiary alicyclic amines) is 1. The molecule has 10 nitrogen and oxygen atoms in total. The number of hydrogen-bond acceptors (Lipinski definition) is 7. The van der Waals surface area contributed by atoms with Crippen LogP contribution in [0, 0.1) is 11.8 Å². The monoisotopic (exact) mass is 578 g/mol. The van der Waals surface area contributed by atoms with E-state index in [2.05, 4.69) is 42.4 Å². The largest absolute Gasteiger partial charge is 0.396 e. The first-order valence-corrected chi connectivity index (χ1v) is 15.5. The average Bonchev–Trinajstić information content (AvgIpc) is 3.49. The summed E-state index contributed by atoms with van der Waals surface area (Å²) in [6.07, 6.45) is 11.1. The zero-order valence-corrected chi connectivity index (χ0v) is 24.5. The highest BCUT2D eigenvalue weighted by molar-refractivity contribution is 8.02. The molecule has 3 amide bonds. The molecule has 5 atom stereocenters. The summed E-state index contributed by atoms with van der Waals surface area (Å²) in [6, 6.07) is 6.90. The molecule has 41 heavy (non-hydrogen) atoms. The number of unbranched alkanes of at least 4 members (excludes halogenated alkanes) is 2. The zero-order chi connectivity index (χ0) is 28.8. The number of aliphatic hydroxyl groups is 1. The summed E-state index contributed by atoms with van der Waals surface area (Å²) in [5, 5.41) is 17.9. The van der Waals surface area contributed by atoms with Crippen molar-refractivity contribution in [3.63, 3.8) is 0 Å². The van der Waals surface area contributed by atoms with E-state index in [1.54, 1.807) is 26.2 Å². The van der Waals surface area contributed by atoms with Gasteiger partial charge in [0.2, 0.25) is 17.7 Å². The van der Waals surface area contributed by atoms with Crippen LogP contribution in [0.5, 0.6) is 0 Å². The second-order valence-corrected chi connectivity index (χ2v) is 13.5. The molecule has 2 aromatic rings. The van der Waals surface area contributed by atoms with E-state index in [1.807, 2.05) is 35.2 Å². The Kier molecular flexibility index (Phi) is 7.44. The van der Waals surface area contributed by atoms with Gasteiger partial charge in [0.25, 0.3) is 0 Å². The Hall–Kier alpha value is -3.18. The Morgan fingerprint density at radius 3 is 2.54 bits per heavy atom. The Morgan fingerprint density at radius 2 is 1.73 bits per heavy atom. The van der Waals surface area contributed by atoms with E-state index < -0.39 is 27.4 Å². The summed E-state index contributed by atoms with van der Waals surface area (Å²) in [4.78, 5) is 48.4. The van der Waals surface area contributed by atoms with Crippen LogP contribution in [0.25, 0.3) is 11.0 Å². The van der Waals surface area contributed by atoms with Crippen LogP contribution in [-0.4, -0.2) is 101 Å². The minimum Gasteiger partial charge on any atom is -0.396 e. The van der Waals surface area contributed by atoms with E-state index in [1.165, 1.54) is 0 Å². The van der Waals surface area contributed by atoms with Gasteiger partial charge in [-0.2, -0.15) is 0 Å². The van der Waals surface area contributed by atoms with Crippen molar-refractivity contribution >= 4 is 40.5 Å². The molecule has 1 aromatic heterocycles. The van der Waals surface area contributed by atoms with Crippen LogP contribution in [0.1, 0.15) is 39.5 Å². The van der Waals surface area contributed by atoms with Crippen LogP contribution < -0.4 is 0 Å². The van der Waals surface area contributed by atoms with Gasteiger partial charge in [-0.3, -0.25) is 14.4 Å². The van der Waals surface area contributed by atoms with Gasteiger partial charge in [-0.05, 0) is 44.7 Å². The molecular formula is C30H38N6O4S. The van der Waals surface area contributed by atoms with Gasteiger partial charge in [0, 0.05) is 37.5 Å². The maximum Gasteiger partial charge on any atom is 0.248 e. The quantitative estimate of drug-likeness (QED) is 0.359. The number of benzene rings is 1. The summed E-state index contributed by atoms with van der Waals surface area (Å²) in [7, 11) is 0. The Labute approximate surface area is 244 Å². The van der Waals surface area contributed by atoms with Gasteiger partial charge in [-0.1, -0.05) is 48.6 Å². The molecule has 4 aliphatic heterocycles. The fourth-order valence-corrected chi connectivity index (χ4v) is 9.37. The van der Waals surface area contributed by atoms with Crippen LogP contribution >= 0.6 is 11.8 Å². The van der Waals surface area contributed by atoms with E-state index >= 15 is 0 Å². The van der Waals surface area contributed by atoms with E-state index in [-0.39, 0.29) is 31.0 Å². The lowest BCUT2D eigenvalue weighted by Crippen LogP contribution is -2.53. The van der Waals surface area contributed by atoms with E-state index in [0.717, 1.165) is 23.9 Å². The maximum absolute atomic E-state index is 14.6. The van der Waals surface area contributed by atoms with Gasteiger partial charge in [-0.15, -0.1) is 16.9 Å². The van der Waals surface area contributed by atoms with Crippen molar-refractivity contribution in [3.8, 4) is 0 Å². The summed E-state index contributed by atoms with van der Waals surface area (Å²) in [5.41, 5.74) is 1.59. The molecule has 4 aliphatic rings. The molecule has 1 N–H and O–H groups in total. The first-order valence-electron chi connectivity index (χ1n) is 14.7. The summed E-state index contributed by atoms with van der Waals surface area (Å²) in [5.74, 6) is -1.45. The van der Waals surface area contributed by atoms with E-state index in [9.17, 15) is 19.5 Å². The fraction of sp³-hybridized carbons (Fsp3) is 0.567. The van der Waals surface area contributed by atoms with Crippen molar-refractivity contribution in [3.05, 3.63) is 48.6 Å². The SMILES string of the molecule is CCCN1CC=C[C@]2(C)S[C@]34C=CCN(Cn5nnc6ccccc65)C(=O)C3N(CCCCCO)C(=O)[C@@H]4[C@@H]2C1=O. The van der Waals surface area contributed by atoms with Crippen molar-refractivity contribution in [2.75, 3.05) is 32.8 Å². The van der Waals surface area contributed by atoms with Crippen LogP contribution in [0.4, 0.5) is 0 Å². The number of thioether (sulfide) groups is 1. The number of aromatic nitrogens is 3. The standard InChI is InChI=1S/C30H38N6O4S/c1-3-15-33-16-9-13-29(2)23(26(33)38)24-27(39)35(18-7-4-8-19-37)25-28(40)34(17-10-14-30(24,25)41-29)20-36-22-12-6-5-11-21(22)31-32-36/h5-6,9-14,23-25,37H,3-4,7-8,15-20H2,1-2H3/t23-,24+,25?,29+,30+/m1/s1. The lowest BCUT2D eigenvalue weighted by Gasteiger charge is -2.36. The lowest BCUT2D eigenvalue weighted by atomic mass is 9.74. The molecule has 2 saturated heterocycles. The van der Waals surface area contributed by atoms with Crippen molar-refractivity contribution < 1.29 is 19.5 Å². The minimum absolute atomic E-state index is 0.000933. The summed E-state index contributed by atoms with van der Waals surface area (Å²) >= 11 is 1.61. The van der Waals surface area contributed by atoms with Crippen LogP contribution in [0.3, 0.4) is 0 Å². The molecule has 0 saturated carbocycles. The third-order valence-electron chi connectivity index (χ3n) is 9.00. The minimum atomic E-state index is -0.862. The van der Waals surface area contributed by atoms with Crippen LogP contribution in [-0.2, 0) is 21.1 Å². The first kappa shape index (κ1) is 28.0. The Balaban J connectivity index is 1.39. The van der Waals surface area contributed by atoms with Gasteiger partial charge in [0.1, 0.15) is 18.2 Å². The predicted octanol–water partition coefficient (Wildman–Crippen LogP) is 2.45. The second kappa shape index (κ2) is 10.9. The van der Waals surface area contributed by atoms with Crippen LogP contribution in [0.15, 0.2) is 48.6 Å².